The lowest BCUT2D eigenvalue weighted by atomic mass is 9.83. The third-order valence-corrected chi connectivity index (χ3v) is 5.43. The third-order valence-electron chi connectivity index (χ3n) is 3.95. The van der Waals surface area contributed by atoms with Crippen LogP contribution in [-0.2, 0) is 6.42 Å². The summed E-state index contributed by atoms with van der Waals surface area (Å²) >= 11 is 7.16. The van der Waals surface area contributed by atoms with Crippen LogP contribution in [-0.4, -0.2) is 11.2 Å². The Hall–Kier alpha value is 0.140. The Morgan fingerprint density at radius 3 is 2.33 bits per heavy atom. The van der Waals surface area contributed by atoms with E-state index in [4.69, 9.17) is 0 Å². The fourth-order valence-corrected chi connectivity index (χ4v) is 4.21. The number of halogens is 2. The summed E-state index contributed by atoms with van der Waals surface area (Å²) in [5.41, 5.74) is 1.27. The molecule has 0 spiro atoms. The molecule has 1 aromatic carbocycles. The van der Waals surface area contributed by atoms with Gasteiger partial charge >= 0.3 is 0 Å². The summed E-state index contributed by atoms with van der Waals surface area (Å²) in [6, 6.07) is 6.15. The Morgan fingerprint density at radius 2 is 1.72 bits per heavy atom. The van der Waals surface area contributed by atoms with E-state index in [2.05, 4.69) is 44.0 Å². The predicted molar refractivity (Wildman–Crippen MR) is 82.7 cm³/mol. The molecule has 100 valence electrons. The van der Waals surface area contributed by atoms with Crippen molar-refractivity contribution in [2.45, 2.75) is 51.0 Å². The van der Waals surface area contributed by atoms with Crippen molar-refractivity contribution in [3.05, 3.63) is 32.7 Å². The molecular formula is C15H20Br2O. The van der Waals surface area contributed by atoms with E-state index < -0.39 is 0 Å². The first-order chi connectivity index (χ1) is 8.68. The number of rotatable bonds is 4. The smallest absolute Gasteiger partial charge is 0.0571 e. The van der Waals surface area contributed by atoms with Crippen LogP contribution >= 0.6 is 31.9 Å². The molecule has 0 aliphatic heterocycles. The summed E-state index contributed by atoms with van der Waals surface area (Å²) in [4.78, 5) is 0. The van der Waals surface area contributed by atoms with Crippen LogP contribution in [0.1, 0.15) is 44.1 Å². The average molecular weight is 376 g/mol. The zero-order valence-corrected chi connectivity index (χ0v) is 13.7. The fourth-order valence-electron chi connectivity index (χ4n) is 2.82. The van der Waals surface area contributed by atoms with Crippen LogP contribution in [0.15, 0.2) is 27.1 Å². The molecule has 1 aliphatic rings. The van der Waals surface area contributed by atoms with Gasteiger partial charge in [0.25, 0.3) is 0 Å². The van der Waals surface area contributed by atoms with Crippen LogP contribution in [0.25, 0.3) is 0 Å². The Kier molecular flexibility index (Phi) is 5.71. The lowest BCUT2D eigenvalue weighted by Gasteiger charge is -2.26. The van der Waals surface area contributed by atoms with Gasteiger partial charge in [0, 0.05) is 8.95 Å². The molecule has 1 unspecified atom stereocenters. The van der Waals surface area contributed by atoms with Crippen molar-refractivity contribution in [1.29, 1.82) is 0 Å². The van der Waals surface area contributed by atoms with Gasteiger partial charge in [0.05, 0.1) is 6.10 Å². The molecule has 0 heterocycles. The van der Waals surface area contributed by atoms with E-state index in [1.807, 2.05) is 6.07 Å². The van der Waals surface area contributed by atoms with Crippen LogP contribution in [0, 0.1) is 5.92 Å². The minimum absolute atomic E-state index is 0.135. The first-order valence-corrected chi connectivity index (χ1v) is 8.38. The van der Waals surface area contributed by atoms with E-state index >= 15 is 0 Å². The molecule has 1 nitrogen and oxygen atoms in total. The summed E-state index contributed by atoms with van der Waals surface area (Å²) in [6.45, 7) is 0. The fraction of sp³-hybridized carbons (Fsp3) is 0.600. The van der Waals surface area contributed by atoms with Crippen molar-refractivity contribution >= 4 is 31.9 Å². The highest BCUT2D eigenvalue weighted by atomic mass is 79.9. The molecule has 1 saturated carbocycles. The minimum atomic E-state index is -0.135. The summed E-state index contributed by atoms with van der Waals surface area (Å²) < 4.78 is 2.26. The van der Waals surface area contributed by atoms with Crippen LogP contribution in [0.2, 0.25) is 0 Å². The van der Waals surface area contributed by atoms with Crippen LogP contribution in [0.3, 0.4) is 0 Å². The molecule has 1 N–H and O–H groups in total. The van der Waals surface area contributed by atoms with Gasteiger partial charge in [-0.1, -0.05) is 57.2 Å². The second kappa shape index (κ2) is 7.06. The number of benzene rings is 1. The highest BCUT2D eigenvalue weighted by Crippen LogP contribution is 2.31. The lowest BCUT2D eigenvalue weighted by molar-refractivity contribution is 0.0774. The van der Waals surface area contributed by atoms with Gasteiger partial charge in [-0.05, 0) is 49.3 Å². The molecular weight excluding hydrogens is 356 g/mol. The van der Waals surface area contributed by atoms with Gasteiger partial charge in [0.2, 0.25) is 0 Å². The number of hydrogen-bond donors (Lipinski definition) is 1. The van der Waals surface area contributed by atoms with Gasteiger partial charge in [-0.2, -0.15) is 0 Å². The Labute approximate surface area is 126 Å². The highest BCUT2D eigenvalue weighted by Gasteiger charge is 2.21. The van der Waals surface area contributed by atoms with E-state index in [-0.39, 0.29) is 6.10 Å². The maximum absolute atomic E-state index is 10.3. The molecule has 0 radical (unpaired) electrons. The molecule has 3 heteroatoms. The Morgan fingerprint density at radius 1 is 1.11 bits per heavy atom. The van der Waals surface area contributed by atoms with Crippen molar-refractivity contribution in [1.82, 2.24) is 0 Å². The highest BCUT2D eigenvalue weighted by molar-refractivity contribution is 9.11. The second-order valence-electron chi connectivity index (χ2n) is 5.20. The van der Waals surface area contributed by atoms with E-state index in [1.165, 1.54) is 37.7 Å². The van der Waals surface area contributed by atoms with Crippen LogP contribution in [0.5, 0.6) is 0 Å². The third kappa shape index (κ3) is 3.82. The number of hydrogen-bond acceptors (Lipinski definition) is 1. The maximum Gasteiger partial charge on any atom is 0.0571 e. The maximum atomic E-state index is 10.3. The van der Waals surface area contributed by atoms with Gasteiger partial charge < -0.3 is 5.11 Å². The largest absolute Gasteiger partial charge is 0.393 e. The molecule has 18 heavy (non-hydrogen) atoms. The molecule has 1 fully saturated rings. The molecule has 0 saturated heterocycles. The Balaban J connectivity index is 1.90. The van der Waals surface area contributed by atoms with Crippen molar-refractivity contribution < 1.29 is 5.11 Å². The zero-order chi connectivity index (χ0) is 13.0. The topological polar surface area (TPSA) is 20.2 Å². The van der Waals surface area contributed by atoms with Gasteiger partial charge in [0.15, 0.2) is 0 Å². The zero-order valence-electron chi connectivity index (χ0n) is 10.5. The minimum Gasteiger partial charge on any atom is -0.393 e. The molecule has 0 amide bonds. The summed E-state index contributed by atoms with van der Waals surface area (Å²) in [5.74, 6) is 0.528. The normalized spacial score (nSPS) is 18.8. The standard InChI is InChI=1S/C15H20Br2O/c16-13-7-4-8-14(17)12(13)9-10-15(18)11-5-2-1-3-6-11/h4,7-8,11,15,18H,1-3,5-6,9-10H2. The molecule has 1 atom stereocenters. The van der Waals surface area contributed by atoms with Gasteiger partial charge in [-0.25, -0.2) is 0 Å². The summed E-state index contributed by atoms with van der Waals surface area (Å²) in [6.07, 6.45) is 8.01. The van der Waals surface area contributed by atoms with Gasteiger partial charge in [0.1, 0.15) is 0 Å². The van der Waals surface area contributed by atoms with Crippen molar-refractivity contribution in [3.63, 3.8) is 0 Å². The molecule has 1 aromatic rings. The first-order valence-electron chi connectivity index (χ1n) is 6.79. The van der Waals surface area contributed by atoms with E-state index in [9.17, 15) is 5.11 Å². The molecule has 0 bridgehead atoms. The first kappa shape index (κ1) is 14.5. The predicted octanol–water partition coefficient (Wildman–Crippen LogP) is 5.09. The van der Waals surface area contributed by atoms with Crippen LogP contribution in [0.4, 0.5) is 0 Å². The summed E-state index contributed by atoms with van der Waals surface area (Å²) in [5, 5.41) is 10.3. The Bertz CT molecular complexity index is 366. The lowest BCUT2D eigenvalue weighted by Crippen LogP contribution is -2.23. The second-order valence-corrected chi connectivity index (χ2v) is 6.91. The monoisotopic (exact) mass is 374 g/mol. The average Bonchev–Trinajstić information content (AvgIpc) is 2.39. The van der Waals surface area contributed by atoms with E-state index in [0.717, 1.165) is 21.8 Å². The quantitative estimate of drug-likeness (QED) is 0.777. The van der Waals surface area contributed by atoms with Crippen molar-refractivity contribution in [2.75, 3.05) is 0 Å². The molecule has 2 rings (SSSR count). The van der Waals surface area contributed by atoms with E-state index in [0.29, 0.717) is 5.92 Å². The summed E-state index contributed by atoms with van der Waals surface area (Å²) in [7, 11) is 0. The number of aliphatic hydroxyl groups excluding tert-OH is 1. The molecule has 1 aliphatic carbocycles. The van der Waals surface area contributed by atoms with Gasteiger partial charge in [-0.3, -0.25) is 0 Å². The van der Waals surface area contributed by atoms with Crippen molar-refractivity contribution in [2.24, 2.45) is 5.92 Å². The van der Waals surface area contributed by atoms with Crippen molar-refractivity contribution in [3.8, 4) is 0 Å². The van der Waals surface area contributed by atoms with Gasteiger partial charge in [-0.15, -0.1) is 0 Å². The molecule has 0 aromatic heterocycles. The SMILES string of the molecule is OC(CCc1c(Br)cccc1Br)C1CCCCC1. The number of aliphatic hydroxyl groups is 1. The van der Waals surface area contributed by atoms with E-state index in [1.54, 1.807) is 0 Å². The van der Waals surface area contributed by atoms with Crippen LogP contribution < -0.4 is 0 Å².